The highest BCUT2D eigenvalue weighted by molar-refractivity contribution is 7.99. The number of amides is 1. The molecule has 1 aliphatic rings. The van der Waals surface area contributed by atoms with E-state index in [0.717, 1.165) is 33.4 Å². The normalized spacial score (nSPS) is 18.3. The molecule has 3 atom stereocenters. The summed E-state index contributed by atoms with van der Waals surface area (Å²) in [5.74, 6) is -0.639. The number of carboxylic acid groups (broad SMARTS) is 1. The largest absolute Gasteiger partial charge is 0.481 e. The fraction of sp³-hybridized carbons (Fsp3) is 0.323. The Morgan fingerprint density at radius 1 is 0.977 bits per heavy atom. The lowest BCUT2D eigenvalue weighted by Gasteiger charge is -2.36. The molecule has 0 spiro atoms. The maximum atomic E-state index is 11.9. The van der Waals surface area contributed by atoms with Crippen LogP contribution in [-0.4, -0.2) is 54.2 Å². The molecule has 12 heteroatoms. The lowest BCUT2D eigenvalue weighted by Crippen LogP contribution is -2.31. The number of tetrazole rings is 1. The second-order valence-corrected chi connectivity index (χ2v) is 11.2. The average molecular weight is 604 g/mol. The molecule has 0 bridgehead atoms. The van der Waals surface area contributed by atoms with E-state index >= 15 is 0 Å². The zero-order valence-corrected chi connectivity index (χ0v) is 24.4. The number of nitrogens with one attached hydrogen (secondary N) is 1. The molecule has 4 aromatic rings. The number of aliphatic hydroxyl groups is 1. The molecule has 1 aromatic heterocycles. The number of carboxylic acids is 1. The number of carbonyl (C=O) groups excluding carboxylic acids is 1. The van der Waals surface area contributed by atoms with Crippen molar-refractivity contribution < 1.29 is 29.3 Å². The van der Waals surface area contributed by atoms with Crippen molar-refractivity contribution in [3.8, 4) is 11.1 Å². The molecule has 1 fully saturated rings. The molecular formula is C31H33N5O6S. The Balaban J connectivity index is 1.28. The van der Waals surface area contributed by atoms with E-state index in [1.807, 2.05) is 72.8 Å². The zero-order valence-electron chi connectivity index (χ0n) is 23.6. The van der Waals surface area contributed by atoms with Crippen LogP contribution >= 0.6 is 11.8 Å². The molecule has 0 saturated carbocycles. The van der Waals surface area contributed by atoms with E-state index in [4.69, 9.17) is 14.6 Å². The van der Waals surface area contributed by atoms with E-state index in [9.17, 15) is 14.7 Å². The molecule has 11 nitrogen and oxygen atoms in total. The van der Waals surface area contributed by atoms with Gasteiger partial charge in [-0.15, -0.1) is 5.10 Å². The quantitative estimate of drug-likeness (QED) is 0.201. The van der Waals surface area contributed by atoms with Crippen LogP contribution in [-0.2, 0) is 39.3 Å². The van der Waals surface area contributed by atoms with Crippen molar-refractivity contribution in [2.24, 2.45) is 7.05 Å². The summed E-state index contributed by atoms with van der Waals surface area (Å²) in [5, 5.41) is 33.4. The van der Waals surface area contributed by atoms with Gasteiger partial charge in [0, 0.05) is 37.8 Å². The zero-order chi connectivity index (χ0) is 30.2. The number of rotatable bonds is 12. The first-order valence-electron chi connectivity index (χ1n) is 13.9. The molecule has 3 aromatic carbocycles. The van der Waals surface area contributed by atoms with Crippen LogP contribution in [0.4, 0.5) is 0 Å². The van der Waals surface area contributed by atoms with E-state index in [1.165, 1.54) is 11.8 Å². The molecule has 1 aliphatic heterocycles. The first kappa shape index (κ1) is 30.4. The highest BCUT2D eigenvalue weighted by atomic mass is 32.2. The van der Waals surface area contributed by atoms with Crippen molar-refractivity contribution in [3.63, 3.8) is 0 Å². The van der Waals surface area contributed by atoms with Gasteiger partial charge in [-0.2, -0.15) is 0 Å². The van der Waals surface area contributed by atoms with Crippen LogP contribution in [0.5, 0.6) is 0 Å². The maximum absolute atomic E-state index is 11.9. The Hall–Kier alpha value is -4.10. The van der Waals surface area contributed by atoms with Crippen LogP contribution in [0, 0.1) is 0 Å². The number of hydrogen-bond acceptors (Lipinski definition) is 9. The molecule has 1 saturated heterocycles. The summed E-state index contributed by atoms with van der Waals surface area (Å²) in [5.41, 5.74) is 5.65. The minimum Gasteiger partial charge on any atom is -0.481 e. The van der Waals surface area contributed by atoms with E-state index in [2.05, 4.69) is 20.8 Å². The van der Waals surface area contributed by atoms with Crippen molar-refractivity contribution in [1.29, 1.82) is 0 Å². The highest BCUT2D eigenvalue weighted by Gasteiger charge is 2.32. The average Bonchev–Trinajstić information content (AvgIpc) is 3.46. The van der Waals surface area contributed by atoms with E-state index in [0.29, 0.717) is 23.9 Å². The number of ether oxygens (including phenoxy) is 2. The smallest absolute Gasteiger partial charge is 0.303 e. The molecule has 0 aliphatic carbocycles. The molecule has 5 rings (SSSR count). The highest BCUT2D eigenvalue weighted by Crippen LogP contribution is 2.39. The Morgan fingerprint density at radius 3 is 2.44 bits per heavy atom. The van der Waals surface area contributed by atoms with Crippen LogP contribution in [0.2, 0.25) is 0 Å². The van der Waals surface area contributed by atoms with Gasteiger partial charge in [-0.25, -0.2) is 4.68 Å². The van der Waals surface area contributed by atoms with Crippen molar-refractivity contribution in [2.75, 3.05) is 5.75 Å². The molecule has 2 heterocycles. The fourth-order valence-electron chi connectivity index (χ4n) is 4.74. The second kappa shape index (κ2) is 14.4. The predicted octanol–water partition coefficient (Wildman–Crippen LogP) is 4.19. The van der Waals surface area contributed by atoms with Crippen LogP contribution in [0.1, 0.15) is 53.9 Å². The summed E-state index contributed by atoms with van der Waals surface area (Å²) in [6.07, 6.45) is -0.483. The number of benzene rings is 3. The number of carbonyl (C=O) groups is 2. The Morgan fingerprint density at radius 2 is 1.74 bits per heavy atom. The van der Waals surface area contributed by atoms with Gasteiger partial charge in [-0.3, -0.25) is 9.59 Å². The minimum absolute atomic E-state index is 0.0147. The molecule has 0 radical (unpaired) electrons. The third kappa shape index (κ3) is 8.26. The summed E-state index contributed by atoms with van der Waals surface area (Å²) in [6.45, 7) is 0.303. The van der Waals surface area contributed by atoms with Gasteiger partial charge in [0.2, 0.25) is 11.1 Å². The summed E-state index contributed by atoms with van der Waals surface area (Å²) < 4.78 is 14.5. The van der Waals surface area contributed by atoms with Gasteiger partial charge in [-0.1, -0.05) is 78.5 Å². The standard InChI is InChI=1S/C31H33N5O6S/c1-36-31(33-34-35-36)43-19-26-16-27(23-7-5-20(18-37)6-8-23)42-30(41-26)24-11-9-22(10-12-24)25-4-2-3-21(15-25)17-32-28(38)13-14-29(39)40/h2-12,15,26-27,30,37H,13-14,16-19H2,1H3,(H,32,38)(H,39,40)/t26-,27+,30+/m1/s1. The second-order valence-electron chi connectivity index (χ2n) is 10.2. The van der Waals surface area contributed by atoms with Gasteiger partial charge in [0.1, 0.15) is 0 Å². The van der Waals surface area contributed by atoms with Gasteiger partial charge in [0.15, 0.2) is 6.29 Å². The van der Waals surface area contributed by atoms with Crippen LogP contribution < -0.4 is 5.32 Å². The SMILES string of the molecule is Cn1nnnc1SC[C@H]1C[C@@H](c2ccc(CO)cc2)O[C@@H](c2ccc(-c3cccc(CNC(=O)CCC(=O)O)c3)cc2)O1. The summed E-state index contributed by atoms with van der Waals surface area (Å²) in [6, 6.07) is 23.6. The van der Waals surface area contributed by atoms with Crippen molar-refractivity contribution >= 4 is 23.6 Å². The Labute approximate surface area is 253 Å². The first-order chi connectivity index (χ1) is 20.9. The van der Waals surface area contributed by atoms with E-state index < -0.39 is 12.3 Å². The van der Waals surface area contributed by atoms with Crippen LogP contribution in [0.3, 0.4) is 0 Å². The summed E-state index contributed by atoms with van der Waals surface area (Å²) in [7, 11) is 1.80. The van der Waals surface area contributed by atoms with Gasteiger partial charge in [0.05, 0.1) is 25.2 Å². The number of aryl methyl sites for hydroxylation is 1. The van der Waals surface area contributed by atoms with Crippen molar-refractivity contribution in [1.82, 2.24) is 25.5 Å². The van der Waals surface area contributed by atoms with Gasteiger partial charge >= 0.3 is 5.97 Å². The lowest BCUT2D eigenvalue weighted by molar-refractivity contribution is -0.245. The predicted molar refractivity (Wildman–Crippen MR) is 159 cm³/mol. The van der Waals surface area contributed by atoms with Gasteiger partial charge in [-0.05, 0) is 44.3 Å². The molecule has 3 N–H and O–H groups in total. The fourth-order valence-corrected chi connectivity index (χ4v) is 5.60. The molecule has 43 heavy (non-hydrogen) atoms. The molecular weight excluding hydrogens is 570 g/mol. The minimum atomic E-state index is -0.995. The third-order valence-corrected chi connectivity index (χ3v) is 8.24. The van der Waals surface area contributed by atoms with Crippen LogP contribution in [0.25, 0.3) is 11.1 Å². The molecule has 1 amide bonds. The molecule has 0 unspecified atom stereocenters. The summed E-state index contributed by atoms with van der Waals surface area (Å²) >= 11 is 1.53. The number of aliphatic hydroxyl groups excluding tert-OH is 1. The first-order valence-corrected chi connectivity index (χ1v) is 14.9. The maximum Gasteiger partial charge on any atom is 0.303 e. The number of thioether (sulfide) groups is 1. The topological polar surface area (TPSA) is 149 Å². The number of hydrogen-bond donors (Lipinski definition) is 3. The Bertz CT molecular complexity index is 1530. The lowest BCUT2D eigenvalue weighted by atomic mass is 9.99. The monoisotopic (exact) mass is 603 g/mol. The van der Waals surface area contributed by atoms with Gasteiger partial charge in [0.25, 0.3) is 0 Å². The summed E-state index contributed by atoms with van der Waals surface area (Å²) in [4.78, 5) is 22.6. The van der Waals surface area contributed by atoms with Gasteiger partial charge < -0.3 is 25.0 Å². The van der Waals surface area contributed by atoms with Crippen molar-refractivity contribution in [3.05, 3.63) is 95.1 Å². The number of aliphatic carboxylic acids is 1. The Kier molecular flexibility index (Phi) is 10.2. The molecule has 224 valence electrons. The van der Waals surface area contributed by atoms with E-state index in [-0.39, 0.29) is 37.6 Å². The van der Waals surface area contributed by atoms with Crippen LogP contribution in [0.15, 0.2) is 78.0 Å². The number of nitrogens with zero attached hydrogens (tertiary/aromatic N) is 4. The third-order valence-electron chi connectivity index (χ3n) is 7.09. The number of aromatic nitrogens is 4. The van der Waals surface area contributed by atoms with Crippen molar-refractivity contribution in [2.45, 2.75) is 56.1 Å². The van der Waals surface area contributed by atoms with E-state index in [1.54, 1.807) is 11.7 Å².